The van der Waals surface area contributed by atoms with E-state index in [2.05, 4.69) is 12.1 Å². The summed E-state index contributed by atoms with van der Waals surface area (Å²) in [5, 5.41) is 3.17. The molecule has 0 N–H and O–H groups in total. The fourth-order valence-electron chi connectivity index (χ4n) is 4.28. The predicted molar refractivity (Wildman–Crippen MR) is 108 cm³/mol. The number of benzene rings is 2. The Hall–Kier alpha value is -1.59. The van der Waals surface area contributed by atoms with E-state index in [0.29, 0.717) is 28.6 Å². The van der Waals surface area contributed by atoms with Crippen LogP contribution in [0.1, 0.15) is 24.9 Å². The first kappa shape index (κ1) is 18.8. The van der Waals surface area contributed by atoms with Crippen molar-refractivity contribution in [3.8, 4) is 11.1 Å². The zero-order valence-corrected chi connectivity index (χ0v) is 16.9. The molecule has 3 atom stereocenters. The molecule has 0 spiro atoms. The molecule has 4 nitrogen and oxygen atoms in total. The van der Waals surface area contributed by atoms with E-state index in [1.165, 1.54) is 0 Å². The highest BCUT2D eigenvalue weighted by Crippen LogP contribution is 2.39. The number of nitrogens with zero attached hydrogens (tertiary/aromatic N) is 2. The van der Waals surface area contributed by atoms with Crippen molar-refractivity contribution in [1.29, 1.82) is 0 Å². The summed E-state index contributed by atoms with van der Waals surface area (Å²) in [4.78, 5) is 20.0. The van der Waals surface area contributed by atoms with E-state index in [9.17, 15) is 4.79 Å². The van der Waals surface area contributed by atoms with E-state index in [0.717, 1.165) is 29.7 Å². The van der Waals surface area contributed by atoms with Crippen LogP contribution in [0.15, 0.2) is 42.5 Å². The average Bonchev–Trinajstić information content (AvgIpc) is 3.00. The van der Waals surface area contributed by atoms with Gasteiger partial charge in [0.05, 0.1) is 12.6 Å². The lowest BCUT2D eigenvalue weighted by molar-refractivity contribution is -0.137. The van der Waals surface area contributed by atoms with Crippen LogP contribution in [-0.4, -0.2) is 42.1 Å². The summed E-state index contributed by atoms with van der Waals surface area (Å²) in [6, 6.07) is 14.2. The molecule has 142 valence electrons. The molecule has 0 radical (unpaired) electrons. The Kier molecular flexibility index (Phi) is 5.17. The SMILES string of the molecule is CC(=O)N1C[C@H]2CON(C)[C@H]2C[C@H]1c1cccc(-c2cc(Cl)cc(Cl)c2)c1. The summed E-state index contributed by atoms with van der Waals surface area (Å²) in [6.45, 7) is 3.05. The van der Waals surface area contributed by atoms with E-state index in [-0.39, 0.29) is 11.9 Å². The number of piperidine rings is 1. The van der Waals surface area contributed by atoms with Gasteiger partial charge in [0.2, 0.25) is 5.91 Å². The molecule has 0 aliphatic carbocycles. The van der Waals surface area contributed by atoms with Crippen molar-refractivity contribution in [1.82, 2.24) is 9.96 Å². The highest BCUT2D eigenvalue weighted by Gasteiger charge is 2.43. The second kappa shape index (κ2) is 7.44. The number of hydrogen-bond donors (Lipinski definition) is 0. The molecule has 1 amide bonds. The van der Waals surface area contributed by atoms with Crippen LogP contribution in [0, 0.1) is 5.92 Å². The summed E-state index contributed by atoms with van der Waals surface area (Å²) in [5.41, 5.74) is 3.13. The van der Waals surface area contributed by atoms with Crippen molar-refractivity contribution in [2.24, 2.45) is 5.92 Å². The van der Waals surface area contributed by atoms with Gasteiger partial charge in [-0.3, -0.25) is 9.63 Å². The Morgan fingerprint density at radius 1 is 1.11 bits per heavy atom. The van der Waals surface area contributed by atoms with Gasteiger partial charge in [0, 0.05) is 42.5 Å². The van der Waals surface area contributed by atoms with Crippen molar-refractivity contribution in [2.75, 3.05) is 20.2 Å². The largest absolute Gasteiger partial charge is 0.335 e. The summed E-state index contributed by atoms with van der Waals surface area (Å²) in [5.74, 6) is 0.467. The molecule has 2 aromatic rings. The lowest BCUT2D eigenvalue weighted by Gasteiger charge is -2.42. The molecular formula is C21H22Cl2N2O2. The van der Waals surface area contributed by atoms with Crippen molar-refractivity contribution < 1.29 is 9.63 Å². The third kappa shape index (κ3) is 3.72. The van der Waals surface area contributed by atoms with Gasteiger partial charge in [0.1, 0.15) is 0 Å². The average molecular weight is 405 g/mol. The van der Waals surface area contributed by atoms with Gasteiger partial charge in [-0.15, -0.1) is 0 Å². The maximum absolute atomic E-state index is 12.3. The Bertz CT molecular complexity index is 853. The number of fused-ring (bicyclic) bond motifs is 1. The Balaban J connectivity index is 1.69. The lowest BCUT2D eigenvalue weighted by atomic mass is 9.85. The molecule has 0 unspecified atom stereocenters. The zero-order chi connectivity index (χ0) is 19.1. The highest BCUT2D eigenvalue weighted by molar-refractivity contribution is 6.35. The Morgan fingerprint density at radius 2 is 1.85 bits per heavy atom. The molecule has 2 aromatic carbocycles. The molecule has 0 aromatic heterocycles. The van der Waals surface area contributed by atoms with Crippen molar-refractivity contribution in [3.05, 3.63) is 58.1 Å². The van der Waals surface area contributed by atoms with E-state index in [1.807, 2.05) is 41.3 Å². The van der Waals surface area contributed by atoms with Crippen LogP contribution in [0.5, 0.6) is 0 Å². The summed E-state index contributed by atoms with van der Waals surface area (Å²) in [6.07, 6.45) is 0.862. The molecule has 6 heteroatoms. The van der Waals surface area contributed by atoms with E-state index >= 15 is 0 Å². The second-order valence-electron chi connectivity index (χ2n) is 7.38. The quantitative estimate of drug-likeness (QED) is 0.719. The molecular weight excluding hydrogens is 383 g/mol. The number of carbonyl (C=O) groups excluding carboxylic acids is 1. The Morgan fingerprint density at radius 3 is 2.56 bits per heavy atom. The van der Waals surface area contributed by atoms with Gasteiger partial charge in [0.25, 0.3) is 0 Å². The van der Waals surface area contributed by atoms with Crippen LogP contribution in [0.3, 0.4) is 0 Å². The summed E-state index contributed by atoms with van der Waals surface area (Å²) < 4.78 is 0. The van der Waals surface area contributed by atoms with Crippen LogP contribution >= 0.6 is 23.2 Å². The van der Waals surface area contributed by atoms with E-state index in [1.54, 1.807) is 13.0 Å². The van der Waals surface area contributed by atoms with Crippen LogP contribution < -0.4 is 0 Å². The van der Waals surface area contributed by atoms with Gasteiger partial charge in [0.15, 0.2) is 0 Å². The first-order chi connectivity index (χ1) is 12.9. The first-order valence-electron chi connectivity index (χ1n) is 9.12. The Labute approximate surface area is 169 Å². The number of halogens is 2. The van der Waals surface area contributed by atoms with Crippen molar-refractivity contribution in [3.63, 3.8) is 0 Å². The minimum absolute atomic E-state index is 0.0301. The fourth-order valence-corrected chi connectivity index (χ4v) is 4.80. The van der Waals surface area contributed by atoms with Crippen LogP contribution in [-0.2, 0) is 9.63 Å². The third-order valence-electron chi connectivity index (χ3n) is 5.65. The van der Waals surface area contributed by atoms with Crippen molar-refractivity contribution in [2.45, 2.75) is 25.4 Å². The van der Waals surface area contributed by atoms with Gasteiger partial charge in [-0.25, -0.2) is 0 Å². The number of rotatable bonds is 2. The monoisotopic (exact) mass is 404 g/mol. The number of amides is 1. The molecule has 2 aliphatic rings. The number of likely N-dealkylation sites (tertiary alicyclic amines) is 1. The smallest absolute Gasteiger partial charge is 0.219 e. The predicted octanol–water partition coefficient (Wildman–Crippen LogP) is 4.82. The lowest BCUT2D eigenvalue weighted by Crippen LogP contribution is -2.48. The molecule has 2 heterocycles. The standard InChI is InChI=1S/C21H22Cl2N2O2/c1-13(26)25-11-17-12-27-24(2)20(17)10-21(25)15-5-3-4-14(6-15)16-7-18(22)9-19(23)8-16/h3-9,17,20-21H,10-12H2,1-2H3/t17-,20-,21-/m0/s1. The number of hydroxylamine groups is 2. The summed E-state index contributed by atoms with van der Waals surface area (Å²) in [7, 11) is 1.98. The fraction of sp³-hybridized carbons (Fsp3) is 0.381. The molecule has 27 heavy (non-hydrogen) atoms. The van der Waals surface area contributed by atoms with Gasteiger partial charge in [-0.2, -0.15) is 5.06 Å². The van der Waals surface area contributed by atoms with Crippen LogP contribution in [0.25, 0.3) is 11.1 Å². The maximum atomic E-state index is 12.3. The van der Waals surface area contributed by atoms with E-state index < -0.39 is 0 Å². The molecule has 2 fully saturated rings. The molecule has 4 rings (SSSR count). The normalized spacial score (nSPS) is 25.5. The molecule has 2 saturated heterocycles. The van der Waals surface area contributed by atoms with Gasteiger partial charge < -0.3 is 4.90 Å². The van der Waals surface area contributed by atoms with Crippen molar-refractivity contribution >= 4 is 29.1 Å². The zero-order valence-electron chi connectivity index (χ0n) is 15.4. The summed E-state index contributed by atoms with van der Waals surface area (Å²) >= 11 is 12.3. The highest BCUT2D eigenvalue weighted by atomic mass is 35.5. The molecule has 0 saturated carbocycles. The van der Waals surface area contributed by atoms with Crippen LogP contribution in [0.4, 0.5) is 0 Å². The van der Waals surface area contributed by atoms with Crippen LogP contribution in [0.2, 0.25) is 10.0 Å². The molecule has 2 aliphatic heterocycles. The topological polar surface area (TPSA) is 32.8 Å². The van der Waals surface area contributed by atoms with Gasteiger partial charge >= 0.3 is 0 Å². The number of carbonyl (C=O) groups is 1. The number of hydrogen-bond acceptors (Lipinski definition) is 3. The maximum Gasteiger partial charge on any atom is 0.219 e. The second-order valence-corrected chi connectivity index (χ2v) is 8.25. The molecule has 0 bridgehead atoms. The van der Waals surface area contributed by atoms with Gasteiger partial charge in [-0.1, -0.05) is 41.4 Å². The van der Waals surface area contributed by atoms with Gasteiger partial charge in [-0.05, 0) is 47.4 Å². The minimum atomic E-state index is 0.0301. The minimum Gasteiger partial charge on any atom is -0.335 e. The van der Waals surface area contributed by atoms with E-state index in [4.69, 9.17) is 28.0 Å². The first-order valence-corrected chi connectivity index (χ1v) is 9.87. The third-order valence-corrected chi connectivity index (χ3v) is 6.08.